The molecular weight excluding hydrogens is 361 g/mol. The van der Waals surface area contributed by atoms with Gasteiger partial charge in [0.05, 0.1) is 22.3 Å². The third kappa shape index (κ3) is 2.79. The number of carbonyl (C=O) groups is 1. The summed E-state index contributed by atoms with van der Waals surface area (Å²) in [5.41, 5.74) is 2.08. The smallest absolute Gasteiger partial charge is 0.261 e. The van der Waals surface area contributed by atoms with Gasteiger partial charge in [0.25, 0.3) is 5.56 Å². The SMILES string of the molecule is O=C(Cn1cnc2c(Cl)cc(Cl)cc2c1=O)N1CCc2ccccc21. The molecule has 0 fully saturated rings. The summed E-state index contributed by atoms with van der Waals surface area (Å²) < 4.78 is 1.29. The number of fused-ring (bicyclic) bond motifs is 2. The predicted molar refractivity (Wildman–Crippen MR) is 98.5 cm³/mol. The minimum atomic E-state index is -0.338. The van der Waals surface area contributed by atoms with Gasteiger partial charge in [-0.2, -0.15) is 0 Å². The number of rotatable bonds is 2. The number of amides is 1. The van der Waals surface area contributed by atoms with Crippen molar-refractivity contribution in [2.75, 3.05) is 11.4 Å². The van der Waals surface area contributed by atoms with Gasteiger partial charge in [-0.05, 0) is 30.2 Å². The van der Waals surface area contributed by atoms with E-state index in [0.717, 1.165) is 17.7 Å². The fourth-order valence-electron chi connectivity index (χ4n) is 3.14. The summed E-state index contributed by atoms with van der Waals surface area (Å²) in [7, 11) is 0. The van der Waals surface area contributed by atoms with Gasteiger partial charge in [-0.1, -0.05) is 41.4 Å². The normalized spacial score (nSPS) is 13.3. The lowest BCUT2D eigenvalue weighted by molar-refractivity contribution is -0.119. The van der Waals surface area contributed by atoms with Gasteiger partial charge in [-0.3, -0.25) is 14.2 Å². The van der Waals surface area contributed by atoms with Crippen LogP contribution in [0.1, 0.15) is 5.56 Å². The van der Waals surface area contributed by atoms with Crippen molar-refractivity contribution in [3.63, 3.8) is 0 Å². The van der Waals surface area contributed by atoms with Crippen LogP contribution in [0, 0.1) is 0 Å². The molecule has 25 heavy (non-hydrogen) atoms. The molecule has 0 unspecified atom stereocenters. The number of carbonyl (C=O) groups excluding carboxylic acids is 1. The maximum Gasteiger partial charge on any atom is 0.261 e. The predicted octanol–water partition coefficient (Wildman–Crippen LogP) is 3.29. The molecule has 0 aliphatic carbocycles. The first-order valence-corrected chi connectivity index (χ1v) is 8.52. The lowest BCUT2D eigenvalue weighted by Gasteiger charge is -2.18. The van der Waals surface area contributed by atoms with Crippen LogP contribution in [-0.4, -0.2) is 22.0 Å². The van der Waals surface area contributed by atoms with Crippen LogP contribution < -0.4 is 10.5 Å². The van der Waals surface area contributed by atoms with Gasteiger partial charge < -0.3 is 4.90 Å². The molecule has 5 nitrogen and oxygen atoms in total. The molecule has 1 aliphatic heterocycles. The summed E-state index contributed by atoms with van der Waals surface area (Å²) in [6.45, 7) is 0.534. The zero-order valence-electron chi connectivity index (χ0n) is 13.1. The Morgan fingerprint density at radius 1 is 1.20 bits per heavy atom. The first-order chi connectivity index (χ1) is 12.0. The van der Waals surface area contributed by atoms with Crippen LogP contribution in [0.5, 0.6) is 0 Å². The highest BCUT2D eigenvalue weighted by molar-refractivity contribution is 6.38. The van der Waals surface area contributed by atoms with Crippen LogP contribution >= 0.6 is 23.2 Å². The van der Waals surface area contributed by atoms with E-state index < -0.39 is 0 Å². The maximum absolute atomic E-state index is 12.7. The Balaban J connectivity index is 1.69. The first kappa shape index (κ1) is 16.1. The van der Waals surface area contributed by atoms with Crippen molar-refractivity contribution in [1.29, 1.82) is 0 Å². The summed E-state index contributed by atoms with van der Waals surface area (Å²) in [5.74, 6) is -0.152. The zero-order valence-corrected chi connectivity index (χ0v) is 14.6. The highest BCUT2D eigenvalue weighted by Crippen LogP contribution is 2.28. The van der Waals surface area contributed by atoms with E-state index in [9.17, 15) is 9.59 Å². The molecule has 0 spiro atoms. The summed E-state index contributed by atoms with van der Waals surface area (Å²) in [6.07, 6.45) is 2.17. The second kappa shape index (κ2) is 6.17. The van der Waals surface area contributed by atoms with E-state index in [2.05, 4.69) is 4.98 Å². The average molecular weight is 374 g/mol. The van der Waals surface area contributed by atoms with Crippen molar-refractivity contribution in [2.24, 2.45) is 0 Å². The Kier molecular flexibility index (Phi) is 3.98. The molecule has 0 radical (unpaired) electrons. The van der Waals surface area contributed by atoms with Crippen molar-refractivity contribution in [3.05, 3.63) is 68.7 Å². The van der Waals surface area contributed by atoms with Crippen LogP contribution in [0.3, 0.4) is 0 Å². The standard InChI is InChI=1S/C18H13Cl2N3O2/c19-12-7-13-17(14(20)8-12)21-10-22(18(13)25)9-16(24)23-6-5-11-3-1-2-4-15(11)23/h1-4,7-8,10H,5-6,9H2. The Hall–Kier alpha value is -2.37. The number of benzene rings is 2. The van der Waals surface area contributed by atoms with Crippen LogP contribution in [0.4, 0.5) is 5.69 Å². The number of hydrogen-bond donors (Lipinski definition) is 0. The molecule has 1 amide bonds. The number of halogens is 2. The molecule has 1 aromatic heterocycles. The molecule has 0 bridgehead atoms. The lowest BCUT2D eigenvalue weighted by Crippen LogP contribution is -2.35. The summed E-state index contributed by atoms with van der Waals surface area (Å²) in [5, 5.41) is 0.968. The van der Waals surface area contributed by atoms with E-state index in [1.807, 2.05) is 24.3 Å². The number of para-hydroxylation sites is 1. The van der Waals surface area contributed by atoms with E-state index >= 15 is 0 Å². The molecule has 2 heterocycles. The van der Waals surface area contributed by atoms with Gasteiger partial charge >= 0.3 is 0 Å². The molecule has 0 saturated heterocycles. The molecule has 3 aromatic rings. The number of hydrogen-bond acceptors (Lipinski definition) is 3. The Morgan fingerprint density at radius 2 is 2.00 bits per heavy atom. The highest BCUT2D eigenvalue weighted by atomic mass is 35.5. The van der Waals surface area contributed by atoms with E-state index in [4.69, 9.17) is 23.2 Å². The minimum absolute atomic E-state index is 0.0831. The first-order valence-electron chi connectivity index (χ1n) is 7.77. The fraction of sp³-hybridized carbons (Fsp3) is 0.167. The number of anilines is 1. The van der Waals surface area contributed by atoms with E-state index in [1.54, 1.807) is 4.90 Å². The second-order valence-corrected chi connectivity index (χ2v) is 6.73. The Bertz CT molecular complexity index is 1060. The van der Waals surface area contributed by atoms with Crippen molar-refractivity contribution in [1.82, 2.24) is 9.55 Å². The molecule has 0 atom stereocenters. The molecule has 2 aromatic carbocycles. The van der Waals surface area contributed by atoms with Crippen molar-refractivity contribution >= 4 is 45.7 Å². The molecule has 0 N–H and O–H groups in total. The Labute approximate surface area is 153 Å². The van der Waals surface area contributed by atoms with Crippen LogP contribution in [0.15, 0.2) is 47.5 Å². The average Bonchev–Trinajstić information content (AvgIpc) is 3.02. The molecule has 1 aliphatic rings. The largest absolute Gasteiger partial charge is 0.310 e. The fourth-order valence-corrected chi connectivity index (χ4v) is 3.68. The molecule has 4 rings (SSSR count). The molecular formula is C18H13Cl2N3O2. The van der Waals surface area contributed by atoms with E-state index in [0.29, 0.717) is 27.5 Å². The van der Waals surface area contributed by atoms with Crippen LogP contribution in [-0.2, 0) is 17.8 Å². The second-order valence-electron chi connectivity index (χ2n) is 5.89. The molecule has 0 saturated carbocycles. The van der Waals surface area contributed by atoms with Crippen molar-refractivity contribution in [2.45, 2.75) is 13.0 Å². The van der Waals surface area contributed by atoms with Gasteiger partial charge in [0, 0.05) is 17.3 Å². The zero-order chi connectivity index (χ0) is 17.6. The molecule has 126 valence electrons. The third-order valence-electron chi connectivity index (χ3n) is 4.34. The number of nitrogens with zero attached hydrogens (tertiary/aromatic N) is 3. The highest BCUT2D eigenvalue weighted by Gasteiger charge is 2.24. The van der Waals surface area contributed by atoms with Crippen LogP contribution in [0.25, 0.3) is 10.9 Å². The minimum Gasteiger partial charge on any atom is -0.310 e. The van der Waals surface area contributed by atoms with Crippen molar-refractivity contribution < 1.29 is 4.79 Å². The van der Waals surface area contributed by atoms with Gasteiger partial charge in [-0.25, -0.2) is 4.98 Å². The summed E-state index contributed by atoms with van der Waals surface area (Å²) in [4.78, 5) is 31.3. The third-order valence-corrected chi connectivity index (χ3v) is 4.85. The monoisotopic (exact) mass is 373 g/mol. The topological polar surface area (TPSA) is 55.2 Å². The van der Waals surface area contributed by atoms with Gasteiger partial charge in [0.1, 0.15) is 6.54 Å². The quantitative estimate of drug-likeness (QED) is 0.692. The summed E-state index contributed by atoms with van der Waals surface area (Å²) >= 11 is 12.1. The summed E-state index contributed by atoms with van der Waals surface area (Å²) in [6, 6.07) is 10.8. The van der Waals surface area contributed by atoms with E-state index in [1.165, 1.54) is 23.0 Å². The van der Waals surface area contributed by atoms with E-state index in [-0.39, 0.29) is 18.0 Å². The van der Waals surface area contributed by atoms with Gasteiger partial charge in [-0.15, -0.1) is 0 Å². The Morgan fingerprint density at radius 3 is 2.84 bits per heavy atom. The van der Waals surface area contributed by atoms with Gasteiger partial charge in [0.2, 0.25) is 5.91 Å². The molecule has 7 heteroatoms. The lowest BCUT2D eigenvalue weighted by atomic mass is 10.2. The van der Waals surface area contributed by atoms with Crippen LogP contribution in [0.2, 0.25) is 10.0 Å². The van der Waals surface area contributed by atoms with Gasteiger partial charge in [0.15, 0.2) is 0 Å². The maximum atomic E-state index is 12.7. The number of aromatic nitrogens is 2. The van der Waals surface area contributed by atoms with Crippen molar-refractivity contribution in [3.8, 4) is 0 Å².